The van der Waals surface area contributed by atoms with Crippen LogP contribution in [0, 0.1) is 5.82 Å². The van der Waals surface area contributed by atoms with Gasteiger partial charge in [-0.25, -0.2) is 27.5 Å². The Labute approximate surface area is 175 Å². The minimum atomic E-state index is -3.36. The molecule has 4 nitrogen and oxygen atoms in total. The molecule has 8 heteroatoms. The fourth-order valence-corrected chi connectivity index (χ4v) is 4.91. The molecule has 1 aromatic heterocycles. The van der Waals surface area contributed by atoms with Crippen molar-refractivity contribution in [2.24, 2.45) is 0 Å². The number of aliphatic hydroxyl groups is 1. The maximum atomic E-state index is 14.7. The van der Waals surface area contributed by atoms with E-state index in [1.165, 1.54) is 30.7 Å². The van der Waals surface area contributed by atoms with Gasteiger partial charge in [-0.1, -0.05) is 18.2 Å². The molecule has 0 radical (unpaired) electrons. The molecule has 0 saturated heterocycles. The highest BCUT2D eigenvalue weighted by Crippen LogP contribution is 2.52. The predicted molar refractivity (Wildman–Crippen MR) is 107 cm³/mol. The van der Waals surface area contributed by atoms with Gasteiger partial charge in [0, 0.05) is 17.9 Å². The highest BCUT2D eigenvalue weighted by molar-refractivity contribution is 5.77. The Hall–Kier alpha value is -3.00. The van der Waals surface area contributed by atoms with Crippen LogP contribution in [-0.4, -0.2) is 21.0 Å². The molecule has 3 aromatic rings. The van der Waals surface area contributed by atoms with Gasteiger partial charge in [-0.15, -0.1) is 0 Å². The third-order valence-corrected chi connectivity index (χ3v) is 6.32. The molecule has 3 atom stereocenters. The number of benzene rings is 2. The van der Waals surface area contributed by atoms with Gasteiger partial charge in [-0.3, -0.25) is 0 Å². The molecular weight excluding hydrogens is 410 g/mol. The van der Waals surface area contributed by atoms with E-state index < -0.39 is 30.4 Å². The van der Waals surface area contributed by atoms with Crippen molar-refractivity contribution in [2.75, 3.05) is 5.73 Å². The number of aliphatic hydroxyl groups excluding tert-OH is 1. The van der Waals surface area contributed by atoms with E-state index in [2.05, 4.69) is 9.97 Å². The van der Waals surface area contributed by atoms with Crippen molar-refractivity contribution in [1.29, 1.82) is 0 Å². The number of halogens is 4. The number of rotatable bonds is 2. The van der Waals surface area contributed by atoms with Gasteiger partial charge < -0.3 is 10.8 Å². The molecule has 31 heavy (non-hydrogen) atoms. The molecule has 0 saturated carbocycles. The average molecular weight is 429 g/mol. The van der Waals surface area contributed by atoms with Crippen LogP contribution in [0.5, 0.6) is 0 Å². The van der Waals surface area contributed by atoms with Crippen LogP contribution in [-0.2, 0) is 6.42 Å². The first-order chi connectivity index (χ1) is 14.8. The molecule has 160 valence electrons. The maximum absolute atomic E-state index is 14.7. The van der Waals surface area contributed by atoms with Gasteiger partial charge in [0.2, 0.25) is 0 Å². The van der Waals surface area contributed by atoms with E-state index in [-0.39, 0.29) is 34.8 Å². The lowest BCUT2D eigenvalue weighted by Gasteiger charge is -2.30. The Morgan fingerprint density at radius 1 is 1.06 bits per heavy atom. The number of nitrogens with zero attached hydrogens (tertiary/aromatic N) is 2. The van der Waals surface area contributed by atoms with Gasteiger partial charge in [-0.2, -0.15) is 0 Å². The first-order valence-corrected chi connectivity index (χ1v) is 9.98. The molecule has 0 amide bonds. The van der Waals surface area contributed by atoms with Gasteiger partial charge in [-0.05, 0) is 52.8 Å². The molecule has 2 aromatic carbocycles. The number of fused-ring (bicyclic) bond motifs is 2. The van der Waals surface area contributed by atoms with Crippen molar-refractivity contribution in [2.45, 2.75) is 43.4 Å². The minimum absolute atomic E-state index is 0.0823. The lowest BCUT2D eigenvalue weighted by Crippen LogP contribution is -2.22. The van der Waals surface area contributed by atoms with E-state index in [1.807, 2.05) is 0 Å². The molecular formula is C23H19F4N3O. The third-order valence-electron chi connectivity index (χ3n) is 6.32. The summed E-state index contributed by atoms with van der Waals surface area (Å²) in [6, 6.07) is 7.27. The second kappa shape index (κ2) is 7.02. The second-order valence-electron chi connectivity index (χ2n) is 8.13. The van der Waals surface area contributed by atoms with Crippen LogP contribution in [0.4, 0.5) is 23.2 Å². The Bertz CT molecular complexity index is 1180. The van der Waals surface area contributed by atoms with E-state index in [1.54, 1.807) is 12.1 Å². The second-order valence-corrected chi connectivity index (χ2v) is 8.13. The lowest BCUT2D eigenvalue weighted by atomic mass is 9.75. The summed E-state index contributed by atoms with van der Waals surface area (Å²) in [6.45, 7) is 0. The summed E-state index contributed by atoms with van der Waals surface area (Å²) in [4.78, 5) is 7.95. The Morgan fingerprint density at radius 2 is 1.84 bits per heavy atom. The molecule has 5 rings (SSSR count). The van der Waals surface area contributed by atoms with E-state index in [0.717, 1.165) is 0 Å². The minimum Gasteiger partial charge on any atom is -0.396 e. The number of nitrogens with two attached hydrogens (primary N) is 1. The topological polar surface area (TPSA) is 72.0 Å². The first-order valence-electron chi connectivity index (χ1n) is 9.98. The summed E-state index contributed by atoms with van der Waals surface area (Å²) in [6.07, 6.45) is -0.782. The number of anilines is 1. The van der Waals surface area contributed by atoms with Crippen molar-refractivity contribution in [3.05, 3.63) is 76.5 Å². The highest BCUT2D eigenvalue weighted by atomic mass is 19.3. The van der Waals surface area contributed by atoms with Crippen LogP contribution >= 0.6 is 0 Å². The normalized spacial score (nSPS) is 24.0. The van der Waals surface area contributed by atoms with Gasteiger partial charge in [0.05, 0.1) is 17.6 Å². The van der Waals surface area contributed by atoms with Gasteiger partial charge in [0.15, 0.2) is 0 Å². The number of hydrogen-bond donors (Lipinski definition) is 2. The number of nitrogen functional groups attached to an aromatic ring is 1. The zero-order valence-electron chi connectivity index (χ0n) is 16.3. The van der Waals surface area contributed by atoms with Crippen molar-refractivity contribution < 1.29 is 22.7 Å². The van der Waals surface area contributed by atoms with Crippen molar-refractivity contribution in [3.8, 4) is 11.3 Å². The zero-order chi connectivity index (χ0) is 21.9. The molecule has 1 heterocycles. The van der Waals surface area contributed by atoms with Crippen LogP contribution in [0.3, 0.4) is 0 Å². The highest BCUT2D eigenvalue weighted by Gasteiger charge is 2.50. The zero-order valence-corrected chi connectivity index (χ0v) is 16.3. The summed E-state index contributed by atoms with van der Waals surface area (Å²) in [5, 5.41) is 10.5. The summed E-state index contributed by atoms with van der Waals surface area (Å²) >= 11 is 0. The van der Waals surface area contributed by atoms with Crippen molar-refractivity contribution in [1.82, 2.24) is 9.97 Å². The molecule has 2 aliphatic rings. The first kappa shape index (κ1) is 19.9. The summed E-state index contributed by atoms with van der Waals surface area (Å²) in [7, 11) is 0. The van der Waals surface area contributed by atoms with Gasteiger partial charge in [0.25, 0.3) is 5.92 Å². The Morgan fingerprint density at radius 3 is 2.61 bits per heavy atom. The van der Waals surface area contributed by atoms with Gasteiger partial charge in [0.1, 0.15) is 24.4 Å². The monoisotopic (exact) mass is 429 g/mol. The predicted octanol–water partition coefficient (Wildman–Crippen LogP) is 5.03. The van der Waals surface area contributed by atoms with E-state index in [9.17, 15) is 22.7 Å². The third kappa shape index (κ3) is 3.08. The SMILES string of the molecule is Nc1cncnc1-c1ccc(C2CCC(F)c3cc(F)ccc32)c2c1C(O)C(F)(F)C2. The quantitative estimate of drug-likeness (QED) is 0.561. The summed E-state index contributed by atoms with van der Waals surface area (Å²) in [5.74, 6) is -4.28. The number of hydrogen-bond acceptors (Lipinski definition) is 4. The summed E-state index contributed by atoms with van der Waals surface area (Å²) in [5.41, 5.74) is 8.57. The van der Waals surface area contributed by atoms with E-state index in [0.29, 0.717) is 28.7 Å². The molecule has 2 aliphatic carbocycles. The molecule has 0 bridgehead atoms. The van der Waals surface area contributed by atoms with E-state index in [4.69, 9.17) is 5.73 Å². The Balaban J connectivity index is 1.72. The fourth-order valence-electron chi connectivity index (χ4n) is 4.91. The van der Waals surface area contributed by atoms with E-state index >= 15 is 0 Å². The molecule has 0 fully saturated rings. The van der Waals surface area contributed by atoms with Crippen LogP contribution in [0.1, 0.15) is 58.9 Å². The molecule has 0 aliphatic heterocycles. The maximum Gasteiger partial charge on any atom is 0.281 e. The van der Waals surface area contributed by atoms with Crippen molar-refractivity contribution >= 4 is 5.69 Å². The molecule has 3 unspecified atom stereocenters. The summed E-state index contributed by atoms with van der Waals surface area (Å²) < 4.78 is 57.5. The standard InChI is InChI=1S/C23H19F4N3O/c24-11-1-2-13-12(5-6-18(25)16(13)7-11)14-3-4-15(21-19(28)9-29-10-30-21)20-17(14)8-23(26,27)22(20)31/h1-4,7,9-10,12,18,22,31H,5-6,8,28H2. The van der Waals surface area contributed by atoms with Crippen LogP contribution in [0.2, 0.25) is 0 Å². The number of aromatic nitrogens is 2. The van der Waals surface area contributed by atoms with Gasteiger partial charge >= 0.3 is 0 Å². The van der Waals surface area contributed by atoms with Crippen molar-refractivity contribution in [3.63, 3.8) is 0 Å². The lowest BCUT2D eigenvalue weighted by molar-refractivity contribution is -0.0966. The van der Waals surface area contributed by atoms with Crippen LogP contribution in [0.25, 0.3) is 11.3 Å². The average Bonchev–Trinajstić information content (AvgIpc) is 2.98. The smallest absolute Gasteiger partial charge is 0.281 e. The fraction of sp³-hybridized carbons (Fsp3) is 0.304. The Kier molecular flexibility index (Phi) is 4.51. The van der Waals surface area contributed by atoms with Crippen LogP contribution in [0.15, 0.2) is 42.9 Å². The molecule has 0 spiro atoms. The molecule has 3 N–H and O–H groups in total. The number of alkyl halides is 3. The van der Waals surface area contributed by atoms with Crippen LogP contribution < -0.4 is 5.73 Å². The largest absolute Gasteiger partial charge is 0.396 e.